The lowest BCUT2D eigenvalue weighted by Gasteiger charge is -2.13. The fourth-order valence-corrected chi connectivity index (χ4v) is 1.55. The number of nitrogens with two attached hydrogens (primary N) is 1. The number of hydrogen-bond donors (Lipinski definition) is 2. The van der Waals surface area contributed by atoms with Crippen molar-refractivity contribution in [1.82, 2.24) is 0 Å². The van der Waals surface area contributed by atoms with Crippen molar-refractivity contribution in [3.8, 4) is 11.8 Å². The lowest BCUT2D eigenvalue weighted by molar-refractivity contribution is 0.115. The number of benzene rings is 1. The molecule has 0 heterocycles. The molecule has 0 aromatic heterocycles. The Morgan fingerprint density at radius 1 is 1.47 bits per heavy atom. The van der Waals surface area contributed by atoms with Crippen LogP contribution < -0.4 is 5.73 Å². The van der Waals surface area contributed by atoms with Gasteiger partial charge in [0.25, 0.3) is 6.43 Å². The van der Waals surface area contributed by atoms with Crippen molar-refractivity contribution in [3.05, 3.63) is 27.7 Å². The van der Waals surface area contributed by atoms with E-state index in [4.69, 9.17) is 11.0 Å². The maximum Gasteiger partial charge on any atom is 0.257 e. The molecule has 6 heteroatoms. The van der Waals surface area contributed by atoms with E-state index < -0.39 is 12.5 Å². The van der Waals surface area contributed by atoms with E-state index in [-0.39, 0.29) is 21.3 Å². The molecule has 0 amide bonds. The molecule has 0 unspecified atom stereocenters. The van der Waals surface area contributed by atoms with Gasteiger partial charge in [0, 0.05) is 5.56 Å². The molecule has 0 aliphatic carbocycles. The van der Waals surface area contributed by atoms with Crippen LogP contribution in [-0.4, -0.2) is 11.5 Å². The smallest absolute Gasteiger partial charge is 0.257 e. The molecule has 0 aliphatic rings. The predicted octanol–water partition coefficient (Wildman–Crippen LogP) is 2.29. The van der Waals surface area contributed by atoms with Crippen molar-refractivity contribution >= 4 is 15.9 Å². The molecule has 0 spiro atoms. The van der Waals surface area contributed by atoms with E-state index in [0.29, 0.717) is 0 Å². The minimum absolute atomic E-state index is 0.143. The van der Waals surface area contributed by atoms with E-state index in [2.05, 4.69) is 15.9 Å². The molecule has 3 N–H and O–H groups in total. The number of rotatable bonds is 2. The molecule has 0 saturated carbocycles. The fourth-order valence-electron chi connectivity index (χ4n) is 1.07. The van der Waals surface area contributed by atoms with E-state index in [1.165, 1.54) is 6.07 Å². The van der Waals surface area contributed by atoms with Crippen molar-refractivity contribution in [1.29, 1.82) is 5.26 Å². The van der Waals surface area contributed by atoms with Crippen molar-refractivity contribution in [2.45, 2.75) is 12.5 Å². The van der Waals surface area contributed by atoms with Gasteiger partial charge in [-0.05, 0) is 28.1 Å². The summed E-state index contributed by atoms with van der Waals surface area (Å²) in [6.45, 7) is 0. The van der Waals surface area contributed by atoms with E-state index in [9.17, 15) is 13.9 Å². The van der Waals surface area contributed by atoms with Crippen molar-refractivity contribution < 1.29 is 13.9 Å². The Hall–Kier alpha value is -1.19. The van der Waals surface area contributed by atoms with Gasteiger partial charge in [0.2, 0.25) is 0 Å². The number of halogens is 3. The van der Waals surface area contributed by atoms with Crippen LogP contribution in [0.25, 0.3) is 0 Å². The Morgan fingerprint density at radius 2 is 2.07 bits per heavy atom. The van der Waals surface area contributed by atoms with Gasteiger partial charge >= 0.3 is 0 Å². The molecule has 0 aliphatic heterocycles. The molecule has 0 bridgehead atoms. The average Bonchev–Trinajstić information content (AvgIpc) is 2.20. The molecule has 0 fully saturated rings. The first-order valence-electron chi connectivity index (χ1n) is 3.93. The summed E-state index contributed by atoms with van der Waals surface area (Å²) in [5, 5.41) is 18.1. The molecule has 15 heavy (non-hydrogen) atoms. The summed E-state index contributed by atoms with van der Waals surface area (Å²) in [6.07, 6.45) is -2.79. The molecule has 0 radical (unpaired) electrons. The third-order valence-electron chi connectivity index (χ3n) is 1.85. The summed E-state index contributed by atoms with van der Waals surface area (Å²) in [5.74, 6) is -0.359. The Labute approximate surface area is 93.3 Å². The molecular formula is C9H7BrF2N2O. The Morgan fingerprint density at radius 3 is 2.53 bits per heavy atom. The third-order valence-corrected chi connectivity index (χ3v) is 2.46. The van der Waals surface area contributed by atoms with Crippen LogP contribution in [-0.2, 0) is 0 Å². The van der Waals surface area contributed by atoms with Gasteiger partial charge in [-0.25, -0.2) is 8.78 Å². The highest BCUT2D eigenvalue weighted by Crippen LogP contribution is 2.34. The summed E-state index contributed by atoms with van der Waals surface area (Å²) in [7, 11) is 0. The van der Waals surface area contributed by atoms with Crippen molar-refractivity contribution in [2.24, 2.45) is 5.73 Å². The topological polar surface area (TPSA) is 70.0 Å². The van der Waals surface area contributed by atoms with Crippen LogP contribution in [0.2, 0.25) is 0 Å². The lowest BCUT2D eigenvalue weighted by Crippen LogP contribution is -2.19. The molecule has 1 aromatic carbocycles. The predicted molar refractivity (Wildman–Crippen MR) is 53.5 cm³/mol. The van der Waals surface area contributed by atoms with E-state index >= 15 is 0 Å². The largest absolute Gasteiger partial charge is 0.506 e. The molecule has 0 saturated heterocycles. The van der Waals surface area contributed by atoms with Gasteiger partial charge in [0.15, 0.2) is 0 Å². The maximum absolute atomic E-state index is 12.3. The van der Waals surface area contributed by atoms with Crippen molar-refractivity contribution in [3.63, 3.8) is 0 Å². The van der Waals surface area contributed by atoms with Crippen molar-refractivity contribution in [2.75, 3.05) is 0 Å². The number of aromatic hydroxyl groups is 1. The monoisotopic (exact) mass is 276 g/mol. The number of alkyl halides is 2. The van der Waals surface area contributed by atoms with Gasteiger partial charge < -0.3 is 10.8 Å². The summed E-state index contributed by atoms with van der Waals surface area (Å²) in [4.78, 5) is 0. The average molecular weight is 277 g/mol. The second-order valence-electron chi connectivity index (χ2n) is 2.87. The molecule has 1 aromatic rings. The van der Waals surface area contributed by atoms with E-state index in [0.717, 1.165) is 6.07 Å². The number of nitriles is 1. The van der Waals surface area contributed by atoms with Gasteiger partial charge in [-0.2, -0.15) is 5.26 Å². The van der Waals surface area contributed by atoms with Crippen LogP contribution in [0.3, 0.4) is 0 Å². The van der Waals surface area contributed by atoms with Gasteiger partial charge in [-0.15, -0.1) is 0 Å². The second-order valence-corrected chi connectivity index (χ2v) is 3.72. The minimum atomic E-state index is -2.79. The first-order chi connectivity index (χ1) is 6.97. The van der Waals surface area contributed by atoms with Crippen LogP contribution in [0.4, 0.5) is 8.78 Å². The Bertz CT molecular complexity index is 417. The first kappa shape index (κ1) is 11.9. The quantitative estimate of drug-likeness (QED) is 0.871. The standard InChI is InChI=1S/C9H7BrF2N2O/c10-6-2-4(3-13)1-5(8(6)15)7(14)9(11)12/h1-2,7,9,15H,14H2/t7-/m0/s1. The SMILES string of the molecule is N#Cc1cc(Br)c(O)c([C@H](N)C(F)F)c1. The molecule has 1 rings (SSSR count). The fraction of sp³-hybridized carbons (Fsp3) is 0.222. The number of phenolic OH excluding ortho intramolecular Hbond substituents is 1. The molecule has 3 nitrogen and oxygen atoms in total. The molecule has 1 atom stereocenters. The summed E-state index contributed by atoms with van der Waals surface area (Å²) in [6, 6.07) is 2.67. The van der Waals surface area contributed by atoms with Crippen LogP contribution >= 0.6 is 15.9 Å². The molecular weight excluding hydrogens is 270 g/mol. The first-order valence-corrected chi connectivity index (χ1v) is 4.73. The van der Waals surface area contributed by atoms with Gasteiger partial charge in [0.1, 0.15) is 5.75 Å². The number of hydrogen-bond acceptors (Lipinski definition) is 3. The van der Waals surface area contributed by atoms with Gasteiger partial charge in [-0.3, -0.25) is 0 Å². The van der Waals surface area contributed by atoms with Crippen LogP contribution in [0.5, 0.6) is 5.75 Å². The lowest BCUT2D eigenvalue weighted by atomic mass is 10.0. The zero-order chi connectivity index (χ0) is 11.6. The summed E-state index contributed by atoms with van der Waals surface area (Å²) >= 11 is 2.95. The Balaban J connectivity index is 3.29. The second kappa shape index (κ2) is 4.55. The van der Waals surface area contributed by atoms with Crippen LogP contribution in [0, 0.1) is 11.3 Å². The number of phenols is 1. The number of nitrogens with zero attached hydrogens (tertiary/aromatic N) is 1. The highest BCUT2D eigenvalue weighted by Gasteiger charge is 2.22. The zero-order valence-corrected chi connectivity index (χ0v) is 9.00. The van der Waals surface area contributed by atoms with Gasteiger partial charge in [0.05, 0.1) is 22.1 Å². The highest BCUT2D eigenvalue weighted by molar-refractivity contribution is 9.10. The third kappa shape index (κ3) is 2.43. The molecule has 80 valence electrons. The maximum atomic E-state index is 12.3. The van der Waals surface area contributed by atoms with Crippen LogP contribution in [0.1, 0.15) is 17.2 Å². The summed E-state index contributed by atoms with van der Waals surface area (Å²) < 4.78 is 24.8. The highest BCUT2D eigenvalue weighted by atomic mass is 79.9. The Kier molecular flexibility index (Phi) is 3.61. The van der Waals surface area contributed by atoms with E-state index in [1.54, 1.807) is 6.07 Å². The normalized spacial score (nSPS) is 12.5. The summed E-state index contributed by atoms with van der Waals surface area (Å²) in [5.41, 5.74) is 5.21. The van der Waals surface area contributed by atoms with Crippen LogP contribution in [0.15, 0.2) is 16.6 Å². The minimum Gasteiger partial charge on any atom is -0.506 e. The van der Waals surface area contributed by atoms with Gasteiger partial charge in [-0.1, -0.05) is 0 Å². The zero-order valence-electron chi connectivity index (χ0n) is 7.42. The van der Waals surface area contributed by atoms with E-state index in [1.807, 2.05) is 0 Å².